The lowest BCUT2D eigenvalue weighted by Crippen LogP contribution is -2.36. The molecule has 0 N–H and O–H groups in total. The summed E-state index contributed by atoms with van der Waals surface area (Å²) in [6.45, 7) is 4.54. The second-order valence-corrected chi connectivity index (χ2v) is 6.34. The number of rotatable bonds is 3. The van der Waals surface area contributed by atoms with Crippen molar-refractivity contribution >= 4 is 5.91 Å². The zero-order chi connectivity index (χ0) is 18.3. The van der Waals surface area contributed by atoms with Crippen LogP contribution in [0, 0.1) is 13.8 Å². The molecule has 0 radical (unpaired) electrons. The number of amides is 1. The largest absolute Gasteiger partial charge is 0.497 e. The fourth-order valence-electron chi connectivity index (χ4n) is 3.33. The number of hydrogen-bond acceptors (Lipinski definition) is 6. The van der Waals surface area contributed by atoms with E-state index in [0.717, 1.165) is 28.3 Å². The first kappa shape index (κ1) is 16.4. The van der Waals surface area contributed by atoms with Gasteiger partial charge in [-0.1, -0.05) is 22.4 Å². The fourth-order valence-corrected chi connectivity index (χ4v) is 3.33. The monoisotopic (exact) mass is 353 g/mol. The zero-order valence-electron chi connectivity index (χ0n) is 14.9. The topological polar surface area (TPSA) is 81.6 Å². The van der Waals surface area contributed by atoms with Crippen LogP contribution in [0.1, 0.15) is 33.1 Å². The molecule has 3 heterocycles. The highest BCUT2D eigenvalue weighted by atomic mass is 16.5. The molecule has 1 aromatic carbocycles. The van der Waals surface area contributed by atoms with E-state index in [1.165, 1.54) is 0 Å². The van der Waals surface area contributed by atoms with Crippen LogP contribution in [0.5, 0.6) is 5.75 Å². The molecule has 1 amide bonds. The first-order chi connectivity index (χ1) is 12.6. The molecule has 2 aromatic heterocycles. The predicted octanol–water partition coefficient (Wildman–Crippen LogP) is 3.15. The van der Waals surface area contributed by atoms with Gasteiger partial charge < -0.3 is 18.7 Å². The molecular formula is C19H19N3O4. The minimum absolute atomic E-state index is 0.0790. The van der Waals surface area contributed by atoms with E-state index in [4.69, 9.17) is 13.8 Å². The molecule has 1 aliphatic rings. The van der Waals surface area contributed by atoms with Gasteiger partial charge >= 0.3 is 0 Å². The predicted molar refractivity (Wildman–Crippen MR) is 92.9 cm³/mol. The van der Waals surface area contributed by atoms with E-state index >= 15 is 0 Å². The second-order valence-electron chi connectivity index (χ2n) is 6.34. The Morgan fingerprint density at radius 2 is 2.08 bits per heavy atom. The molecule has 7 heteroatoms. The van der Waals surface area contributed by atoms with Gasteiger partial charge in [-0.15, -0.1) is 0 Å². The van der Waals surface area contributed by atoms with Crippen molar-refractivity contribution in [3.63, 3.8) is 0 Å². The molecule has 0 spiro atoms. The van der Waals surface area contributed by atoms with Crippen molar-refractivity contribution in [3.05, 3.63) is 52.6 Å². The summed E-state index contributed by atoms with van der Waals surface area (Å²) in [5.74, 6) is 2.03. The summed E-state index contributed by atoms with van der Waals surface area (Å²) in [6, 6.07) is 7.65. The lowest BCUT2D eigenvalue weighted by atomic mass is 10.0. The summed E-state index contributed by atoms with van der Waals surface area (Å²) in [5, 5.41) is 8.12. The maximum absolute atomic E-state index is 12.9. The van der Waals surface area contributed by atoms with Crippen LogP contribution < -0.4 is 4.74 Å². The number of hydrogen-bond donors (Lipinski definition) is 0. The van der Waals surface area contributed by atoms with Gasteiger partial charge in [-0.25, -0.2) is 0 Å². The third-order valence-corrected chi connectivity index (χ3v) is 4.70. The smallest absolute Gasteiger partial charge is 0.259 e. The number of ether oxygens (including phenoxy) is 1. The second kappa shape index (κ2) is 6.33. The molecular weight excluding hydrogens is 334 g/mol. The van der Waals surface area contributed by atoms with Gasteiger partial charge in [0.1, 0.15) is 28.5 Å². The SMILES string of the molecule is COc1cccc(-c2noc3c2CN(C(=O)c2c(C)noc2C)CC3)c1. The zero-order valence-corrected chi connectivity index (χ0v) is 14.9. The number of benzene rings is 1. The number of fused-ring (bicyclic) bond motifs is 1. The summed E-state index contributed by atoms with van der Waals surface area (Å²) < 4.78 is 16.0. The summed E-state index contributed by atoms with van der Waals surface area (Å²) in [7, 11) is 1.63. The van der Waals surface area contributed by atoms with Gasteiger partial charge in [0.15, 0.2) is 0 Å². The average molecular weight is 353 g/mol. The highest BCUT2D eigenvalue weighted by Crippen LogP contribution is 2.32. The van der Waals surface area contributed by atoms with Gasteiger partial charge in [-0.2, -0.15) is 0 Å². The Morgan fingerprint density at radius 1 is 1.23 bits per heavy atom. The van der Waals surface area contributed by atoms with Gasteiger partial charge in [0.05, 0.1) is 19.3 Å². The molecule has 0 saturated heterocycles. The highest BCUT2D eigenvalue weighted by molar-refractivity contribution is 5.96. The maximum atomic E-state index is 12.9. The van der Waals surface area contributed by atoms with Crippen LogP contribution in [-0.2, 0) is 13.0 Å². The van der Waals surface area contributed by atoms with E-state index in [9.17, 15) is 4.79 Å². The van der Waals surface area contributed by atoms with E-state index in [-0.39, 0.29) is 5.91 Å². The Balaban J connectivity index is 1.66. The van der Waals surface area contributed by atoms with Crippen molar-refractivity contribution in [2.24, 2.45) is 0 Å². The van der Waals surface area contributed by atoms with E-state index in [2.05, 4.69) is 10.3 Å². The fraction of sp³-hybridized carbons (Fsp3) is 0.316. The van der Waals surface area contributed by atoms with Crippen LogP contribution in [0.25, 0.3) is 11.3 Å². The van der Waals surface area contributed by atoms with Crippen molar-refractivity contribution in [2.75, 3.05) is 13.7 Å². The normalized spacial score (nSPS) is 13.6. The average Bonchev–Trinajstić information content (AvgIpc) is 3.23. The Kier molecular flexibility index (Phi) is 3.99. The van der Waals surface area contributed by atoms with Gasteiger partial charge in [0.2, 0.25) is 0 Å². The molecule has 4 rings (SSSR count). The molecule has 3 aromatic rings. The lowest BCUT2D eigenvalue weighted by Gasteiger charge is -2.26. The number of aryl methyl sites for hydroxylation is 2. The quantitative estimate of drug-likeness (QED) is 0.719. The Labute approximate surface area is 150 Å². The Bertz CT molecular complexity index is 954. The number of methoxy groups -OCH3 is 1. The Hall–Kier alpha value is -3.09. The minimum atomic E-state index is -0.0790. The first-order valence-electron chi connectivity index (χ1n) is 8.42. The van der Waals surface area contributed by atoms with Crippen molar-refractivity contribution in [1.82, 2.24) is 15.2 Å². The van der Waals surface area contributed by atoms with Crippen molar-refractivity contribution in [1.29, 1.82) is 0 Å². The van der Waals surface area contributed by atoms with Gasteiger partial charge in [-0.3, -0.25) is 4.79 Å². The van der Waals surface area contributed by atoms with Crippen molar-refractivity contribution in [2.45, 2.75) is 26.8 Å². The van der Waals surface area contributed by atoms with E-state index < -0.39 is 0 Å². The summed E-state index contributed by atoms with van der Waals surface area (Å²) in [4.78, 5) is 14.7. The van der Waals surface area contributed by atoms with Gasteiger partial charge in [0, 0.05) is 24.1 Å². The first-order valence-corrected chi connectivity index (χ1v) is 8.42. The minimum Gasteiger partial charge on any atom is -0.497 e. The highest BCUT2D eigenvalue weighted by Gasteiger charge is 2.30. The maximum Gasteiger partial charge on any atom is 0.259 e. The van der Waals surface area contributed by atoms with E-state index in [1.54, 1.807) is 25.9 Å². The molecule has 0 unspecified atom stereocenters. The molecule has 0 atom stereocenters. The van der Waals surface area contributed by atoms with Gasteiger partial charge in [0.25, 0.3) is 5.91 Å². The number of nitrogens with zero attached hydrogens (tertiary/aromatic N) is 3. The van der Waals surface area contributed by atoms with Crippen LogP contribution in [0.4, 0.5) is 0 Å². The van der Waals surface area contributed by atoms with E-state index in [1.807, 2.05) is 24.3 Å². The van der Waals surface area contributed by atoms with Crippen LogP contribution in [-0.4, -0.2) is 34.8 Å². The van der Waals surface area contributed by atoms with Crippen LogP contribution in [0.2, 0.25) is 0 Å². The van der Waals surface area contributed by atoms with Crippen LogP contribution in [0.3, 0.4) is 0 Å². The summed E-state index contributed by atoms with van der Waals surface area (Å²) in [5.41, 5.74) is 3.73. The third-order valence-electron chi connectivity index (χ3n) is 4.70. The molecule has 134 valence electrons. The summed E-state index contributed by atoms with van der Waals surface area (Å²) in [6.07, 6.45) is 0.626. The van der Waals surface area contributed by atoms with Gasteiger partial charge in [-0.05, 0) is 26.0 Å². The molecule has 0 bridgehead atoms. The number of aromatic nitrogens is 2. The Morgan fingerprint density at radius 3 is 2.81 bits per heavy atom. The molecule has 0 aliphatic carbocycles. The third kappa shape index (κ3) is 2.65. The molecule has 7 nitrogen and oxygen atoms in total. The number of carbonyl (C=O) groups excluding carboxylic acids is 1. The van der Waals surface area contributed by atoms with Crippen molar-refractivity contribution < 1.29 is 18.6 Å². The molecule has 26 heavy (non-hydrogen) atoms. The lowest BCUT2D eigenvalue weighted by molar-refractivity contribution is 0.0726. The molecule has 0 fully saturated rings. The standard InChI is InChI=1S/C19H19N3O4/c1-11-17(12(2)25-20-11)19(23)22-8-7-16-15(10-22)18(21-26-16)13-5-4-6-14(9-13)24-3/h4-6,9H,7-8,10H2,1-3H3. The van der Waals surface area contributed by atoms with E-state index in [0.29, 0.717) is 36.5 Å². The molecule has 1 aliphatic heterocycles. The summed E-state index contributed by atoms with van der Waals surface area (Å²) >= 11 is 0. The van der Waals surface area contributed by atoms with Crippen LogP contribution in [0.15, 0.2) is 33.3 Å². The molecule has 0 saturated carbocycles. The van der Waals surface area contributed by atoms with Crippen molar-refractivity contribution in [3.8, 4) is 17.0 Å². The number of carbonyl (C=O) groups is 1. The van der Waals surface area contributed by atoms with Crippen LogP contribution >= 0.6 is 0 Å².